The van der Waals surface area contributed by atoms with Crippen molar-refractivity contribution in [2.75, 3.05) is 6.61 Å². The van der Waals surface area contributed by atoms with Crippen LogP contribution in [0.5, 0.6) is 11.5 Å². The van der Waals surface area contributed by atoms with Crippen LogP contribution in [-0.2, 0) is 11.3 Å². The fourth-order valence-electron chi connectivity index (χ4n) is 3.49. The van der Waals surface area contributed by atoms with Crippen molar-refractivity contribution in [1.82, 2.24) is 10.3 Å². The van der Waals surface area contributed by atoms with E-state index in [1.54, 1.807) is 0 Å². The number of alkyl halides is 2. The topological polar surface area (TPSA) is 113 Å². The van der Waals surface area contributed by atoms with Gasteiger partial charge in [0, 0.05) is 23.7 Å². The van der Waals surface area contributed by atoms with Crippen LogP contribution in [0.25, 0.3) is 10.6 Å². The van der Waals surface area contributed by atoms with E-state index < -0.39 is 36.4 Å². The van der Waals surface area contributed by atoms with E-state index >= 15 is 0 Å². The molecule has 1 aliphatic rings. The number of nitrogens with two attached hydrogens (primary N) is 1. The molecule has 0 radical (unpaired) electrons. The van der Waals surface area contributed by atoms with Crippen molar-refractivity contribution in [2.45, 2.75) is 39.0 Å². The van der Waals surface area contributed by atoms with E-state index in [9.17, 15) is 27.2 Å². The lowest BCUT2D eigenvalue weighted by atomic mass is 10.2. The molecule has 8 nitrogen and oxygen atoms in total. The quantitative estimate of drug-likeness (QED) is 0.301. The SMILES string of the molecule is CC(OC(N)=O)c1sc(-c2ccc(OC(F)F)c(OCC3CC3)c2)nc1C(=O)NCc1ccc(F)cc1F. The van der Waals surface area contributed by atoms with Gasteiger partial charge in [-0.3, -0.25) is 4.79 Å². The molecule has 13 heteroatoms. The first-order chi connectivity index (χ1) is 18.1. The minimum atomic E-state index is -3.05. The van der Waals surface area contributed by atoms with Gasteiger partial charge < -0.3 is 25.3 Å². The molecule has 38 heavy (non-hydrogen) atoms. The second kappa shape index (κ2) is 11.7. The number of hydrogen-bond acceptors (Lipinski definition) is 7. The molecule has 1 aliphatic carbocycles. The van der Waals surface area contributed by atoms with Crippen LogP contribution in [0, 0.1) is 17.6 Å². The normalized spacial score (nSPS) is 13.7. The zero-order chi connectivity index (χ0) is 27.4. The zero-order valence-electron chi connectivity index (χ0n) is 20.0. The first-order valence-corrected chi connectivity index (χ1v) is 12.3. The van der Waals surface area contributed by atoms with E-state index in [4.69, 9.17) is 15.2 Å². The average Bonchev–Trinajstić information content (AvgIpc) is 3.57. The molecule has 0 saturated heterocycles. The monoisotopic (exact) mass is 553 g/mol. The third-order valence-corrected chi connectivity index (χ3v) is 6.83. The fourth-order valence-corrected chi connectivity index (χ4v) is 4.52. The molecule has 3 aromatic rings. The summed E-state index contributed by atoms with van der Waals surface area (Å²) in [7, 11) is 0. The Bertz CT molecular complexity index is 1330. The van der Waals surface area contributed by atoms with Gasteiger partial charge in [-0.1, -0.05) is 6.07 Å². The number of nitrogens with one attached hydrogen (secondary N) is 1. The van der Waals surface area contributed by atoms with Crippen molar-refractivity contribution in [1.29, 1.82) is 0 Å². The van der Waals surface area contributed by atoms with Crippen molar-refractivity contribution in [3.05, 3.63) is 64.2 Å². The summed E-state index contributed by atoms with van der Waals surface area (Å²) in [6.07, 6.45) is -0.0671. The Hall–Kier alpha value is -3.87. The molecular formula is C25H23F4N3O5S. The van der Waals surface area contributed by atoms with Gasteiger partial charge in [0.15, 0.2) is 11.5 Å². The molecule has 0 spiro atoms. The van der Waals surface area contributed by atoms with Gasteiger partial charge in [-0.15, -0.1) is 11.3 Å². The van der Waals surface area contributed by atoms with E-state index in [2.05, 4.69) is 15.0 Å². The molecular weight excluding hydrogens is 530 g/mol. The summed E-state index contributed by atoms with van der Waals surface area (Å²) in [5.41, 5.74) is 5.50. The van der Waals surface area contributed by atoms with Gasteiger partial charge in [0.2, 0.25) is 0 Å². The molecule has 4 rings (SSSR count). The van der Waals surface area contributed by atoms with Crippen molar-refractivity contribution < 1.29 is 41.4 Å². The highest BCUT2D eigenvalue weighted by Crippen LogP contribution is 2.39. The van der Waals surface area contributed by atoms with Crippen LogP contribution in [0.15, 0.2) is 36.4 Å². The predicted molar refractivity (Wildman–Crippen MR) is 129 cm³/mol. The Morgan fingerprint density at radius 3 is 2.58 bits per heavy atom. The summed E-state index contributed by atoms with van der Waals surface area (Å²) in [6.45, 7) is -1.49. The lowest BCUT2D eigenvalue weighted by molar-refractivity contribution is -0.0515. The average molecular weight is 554 g/mol. The van der Waals surface area contributed by atoms with Gasteiger partial charge in [0.05, 0.1) is 11.5 Å². The first-order valence-electron chi connectivity index (χ1n) is 11.5. The zero-order valence-corrected chi connectivity index (χ0v) is 20.8. The maximum absolute atomic E-state index is 14.0. The molecule has 2 amide bonds. The molecule has 202 valence electrons. The van der Waals surface area contributed by atoms with Gasteiger partial charge in [-0.2, -0.15) is 8.78 Å². The van der Waals surface area contributed by atoms with Crippen molar-refractivity contribution in [2.24, 2.45) is 11.7 Å². The lowest BCUT2D eigenvalue weighted by Crippen LogP contribution is -2.25. The number of hydrogen-bond donors (Lipinski definition) is 2. The third kappa shape index (κ3) is 6.91. The minimum absolute atomic E-state index is 0.0465. The number of nitrogens with zero attached hydrogens (tertiary/aromatic N) is 1. The molecule has 3 N–H and O–H groups in total. The Morgan fingerprint density at radius 2 is 1.92 bits per heavy atom. The number of carbonyl (C=O) groups is 2. The highest BCUT2D eigenvalue weighted by molar-refractivity contribution is 7.15. The van der Waals surface area contributed by atoms with E-state index in [1.165, 1.54) is 31.2 Å². The summed E-state index contributed by atoms with van der Waals surface area (Å²) in [4.78, 5) is 29.0. The second-order valence-corrected chi connectivity index (χ2v) is 9.55. The molecule has 0 bridgehead atoms. The lowest BCUT2D eigenvalue weighted by Gasteiger charge is -2.13. The Morgan fingerprint density at radius 1 is 1.16 bits per heavy atom. The van der Waals surface area contributed by atoms with E-state index in [1.807, 2.05) is 0 Å². The largest absolute Gasteiger partial charge is 0.489 e. The number of rotatable bonds is 11. The fraction of sp³-hybridized carbons (Fsp3) is 0.320. The number of aromatic nitrogens is 1. The van der Waals surface area contributed by atoms with E-state index in [-0.39, 0.29) is 39.2 Å². The molecule has 1 saturated carbocycles. The van der Waals surface area contributed by atoms with Crippen LogP contribution in [0.2, 0.25) is 0 Å². The maximum atomic E-state index is 14.0. The molecule has 0 aliphatic heterocycles. The van der Waals surface area contributed by atoms with Crippen LogP contribution < -0.4 is 20.5 Å². The van der Waals surface area contributed by atoms with Gasteiger partial charge in [-0.25, -0.2) is 18.6 Å². The third-order valence-electron chi connectivity index (χ3n) is 5.56. The predicted octanol–water partition coefficient (Wildman–Crippen LogP) is 5.56. The van der Waals surface area contributed by atoms with E-state index in [0.29, 0.717) is 24.2 Å². The number of carbonyl (C=O) groups excluding carboxylic acids is 2. The van der Waals surface area contributed by atoms with E-state index in [0.717, 1.165) is 30.2 Å². The van der Waals surface area contributed by atoms with Gasteiger partial charge in [-0.05, 0) is 49.9 Å². The highest BCUT2D eigenvalue weighted by atomic mass is 32.1. The summed E-state index contributed by atoms with van der Waals surface area (Å²) < 4.78 is 68.3. The van der Waals surface area contributed by atoms with Crippen molar-refractivity contribution >= 4 is 23.3 Å². The number of amides is 2. The number of thiazole rings is 1. The van der Waals surface area contributed by atoms with Crippen LogP contribution in [0.4, 0.5) is 22.4 Å². The standard InChI is InChI=1S/C25H23F4N3O5S/c1-12(36-25(30)34)21-20(22(33)31-10-15-4-6-16(26)9-17(15)27)32-23(38-21)14-5-7-18(37-24(28)29)19(8-14)35-11-13-2-3-13/h4-9,12-13,24H,2-3,10-11H2,1H3,(H2,30,34)(H,31,33). The molecule has 1 fully saturated rings. The molecule has 2 aromatic carbocycles. The Labute approximate surface area is 218 Å². The van der Waals surface area contributed by atoms with Crippen molar-refractivity contribution in [3.63, 3.8) is 0 Å². The summed E-state index contributed by atoms with van der Waals surface area (Å²) in [5.74, 6) is -2.02. The smallest absolute Gasteiger partial charge is 0.405 e. The van der Waals surface area contributed by atoms with Crippen LogP contribution in [0.3, 0.4) is 0 Å². The first kappa shape index (κ1) is 27.2. The van der Waals surface area contributed by atoms with Crippen LogP contribution in [0.1, 0.15) is 46.8 Å². The number of primary amides is 1. The van der Waals surface area contributed by atoms with Gasteiger partial charge >= 0.3 is 12.7 Å². The number of halogens is 4. The van der Waals surface area contributed by atoms with Crippen LogP contribution >= 0.6 is 11.3 Å². The second-order valence-electron chi connectivity index (χ2n) is 8.52. The number of ether oxygens (including phenoxy) is 3. The molecule has 1 atom stereocenters. The summed E-state index contributed by atoms with van der Waals surface area (Å²) in [6, 6.07) is 7.21. The molecule has 1 aromatic heterocycles. The van der Waals surface area contributed by atoms with Gasteiger partial charge in [0.1, 0.15) is 28.4 Å². The minimum Gasteiger partial charge on any atom is -0.489 e. The highest BCUT2D eigenvalue weighted by Gasteiger charge is 2.27. The molecule has 1 heterocycles. The van der Waals surface area contributed by atoms with Crippen LogP contribution in [-0.4, -0.2) is 30.2 Å². The summed E-state index contributed by atoms with van der Waals surface area (Å²) >= 11 is 1.01. The Kier molecular flexibility index (Phi) is 8.35. The number of benzene rings is 2. The maximum Gasteiger partial charge on any atom is 0.405 e. The Balaban J connectivity index is 1.63. The summed E-state index contributed by atoms with van der Waals surface area (Å²) in [5, 5.41) is 2.80. The molecule has 1 unspecified atom stereocenters. The van der Waals surface area contributed by atoms with Crippen molar-refractivity contribution in [3.8, 4) is 22.1 Å². The van der Waals surface area contributed by atoms with Gasteiger partial charge in [0.25, 0.3) is 5.91 Å².